The summed E-state index contributed by atoms with van der Waals surface area (Å²) in [6.07, 6.45) is 1.57. The Morgan fingerprint density at radius 2 is 1.85 bits per heavy atom. The van der Waals surface area contributed by atoms with Gasteiger partial charge in [-0.3, -0.25) is 9.59 Å². The van der Waals surface area contributed by atoms with Crippen molar-refractivity contribution in [3.8, 4) is 0 Å². The average Bonchev–Trinajstić information content (AvgIpc) is 3.25. The number of nitrogens with zero attached hydrogens (tertiary/aromatic N) is 3. The summed E-state index contributed by atoms with van der Waals surface area (Å²) in [6, 6.07) is 14.0. The highest BCUT2D eigenvalue weighted by Gasteiger charge is 2.44. The Balaban J connectivity index is 1.48. The summed E-state index contributed by atoms with van der Waals surface area (Å²) in [5.74, 6) is -0.403. The predicted molar refractivity (Wildman–Crippen MR) is 123 cm³/mol. The fourth-order valence-electron chi connectivity index (χ4n) is 5.09. The lowest BCUT2D eigenvalue weighted by atomic mass is 9.77. The Labute approximate surface area is 193 Å². The van der Waals surface area contributed by atoms with Gasteiger partial charge in [-0.2, -0.15) is 5.10 Å². The Kier molecular flexibility index (Phi) is 6.00. The van der Waals surface area contributed by atoms with Crippen molar-refractivity contribution in [1.29, 1.82) is 0 Å². The quantitative estimate of drug-likeness (QED) is 0.731. The first-order valence-corrected chi connectivity index (χ1v) is 11.6. The van der Waals surface area contributed by atoms with E-state index in [1.165, 1.54) is 5.56 Å². The molecule has 2 heterocycles. The van der Waals surface area contributed by atoms with Gasteiger partial charge in [-0.25, -0.2) is 5.01 Å². The second kappa shape index (κ2) is 9.08. The van der Waals surface area contributed by atoms with Crippen LogP contribution in [0.2, 0.25) is 0 Å². The summed E-state index contributed by atoms with van der Waals surface area (Å²) in [6.45, 7) is 4.04. The molecule has 3 aliphatic rings. The van der Waals surface area contributed by atoms with Crippen LogP contribution in [-0.4, -0.2) is 58.8 Å². The molecule has 7 heteroatoms. The second-order valence-corrected chi connectivity index (χ2v) is 9.04. The zero-order valence-corrected chi connectivity index (χ0v) is 18.9. The molecule has 1 N–H and O–H groups in total. The highest BCUT2D eigenvalue weighted by Crippen LogP contribution is 2.43. The molecule has 172 valence electrons. The van der Waals surface area contributed by atoms with Crippen molar-refractivity contribution in [3.63, 3.8) is 0 Å². The van der Waals surface area contributed by atoms with Gasteiger partial charge >= 0.3 is 0 Å². The number of aryl methyl sites for hydroxylation is 2. The minimum Gasteiger partial charge on any atom is -0.392 e. The molecule has 2 amide bonds. The van der Waals surface area contributed by atoms with Crippen molar-refractivity contribution < 1.29 is 19.4 Å². The maximum Gasteiger partial charge on any atom is 0.252 e. The smallest absolute Gasteiger partial charge is 0.252 e. The van der Waals surface area contributed by atoms with Gasteiger partial charge in [0.05, 0.1) is 31.6 Å². The molecular formula is C26H29N3O4. The number of amides is 2. The number of benzene rings is 2. The fourth-order valence-corrected chi connectivity index (χ4v) is 5.09. The van der Waals surface area contributed by atoms with Crippen molar-refractivity contribution in [3.05, 3.63) is 70.3 Å². The van der Waals surface area contributed by atoms with E-state index in [2.05, 4.69) is 24.3 Å². The predicted octanol–water partition coefficient (Wildman–Crippen LogP) is 2.59. The van der Waals surface area contributed by atoms with Gasteiger partial charge < -0.3 is 14.7 Å². The third-order valence-electron chi connectivity index (χ3n) is 6.91. The summed E-state index contributed by atoms with van der Waals surface area (Å²) in [7, 11) is 0. The van der Waals surface area contributed by atoms with Gasteiger partial charge in [0.25, 0.3) is 5.91 Å². The molecule has 1 aliphatic carbocycles. The van der Waals surface area contributed by atoms with Crippen LogP contribution in [0.1, 0.15) is 46.7 Å². The van der Waals surface area contributed by atoms with E-state index in [1.54, 1.807) is 9.91 Å². The van der Waals surface area contributed by atoms with E-state index in [4.69, 9.17) is 9.84 Å². The fraction of sp³-hybridized carbons (Fsp3) is 0.423. The van der Waals surface area contributed by atoms with Crippen molar-refractivity contribution in [2.75, 3.05) is 26.3 Å². The van der Waals surface area contributed by atoms with Crippen LogP contribution in [0.5, 0.6) is 0 Å². The topological polar surface area (TPSA) is 82.4 Å². The van der Waals surface area contributed by atoms with Gasteiger partial charge in [-0.15, -0.1) is 0 Å². The Hall–Kier alpha value is -3.03. The third-order valence-corrected chi connectivity index (χ3v) is 6.91. The third kappa shape index (κ3) is 4.18. The number of hydrazone groups is 1. The molecule has 33 heavy (non-hydrogen) atoms. The van der Waals surface area contributed by atoms with E-state index in [-0.39, 0.29) is 36.8 Å². The molecule has 2 atom stereocenters. The molecule has 0 bridgehead atoms. The summed E-state index contributed by atoms with van der Waals surface area (Å²) >= 11 is 0. The van der Waals surface area contributed by atoms with Gasteiger partial charge in [0, 0.05) is 24.6 Å². The SMILES string of the molecule is Cc1ccc([C@@H]2[C@@H]3CCc4ccc(CO)cc4C3=NN2C(=O)CC(=O)N2CCOCC2)cc1. The molecule has 5 rings (SSSR count). The number of ether oxygens (including phenoxy) is 1. The average molecular weight is 448 g/mol. The highest BCUT2D eigenvalue weighted by atomic mass is 16.5. The first-order valence-electron chi connectivity index (χ1n) is 11.6. The number of carbonyl (C=O) groups excluding carboxylic acids is 2. The molecule has 0 spiro atoms. The van der Waals surface area contributed by atoms with Gasteiger partial charge in [-0.1, -0.05) is 42.0 Å². The number of aliphatic hydroxyl groups excluding tert-OH is 1. The molecule has 1 saturated heterocycles. The number of morpholine rings is 1. The number of carbonyl (C=O) groups is 2. The van der Waals surface area contributed by atoms with Crippen molar-refractivity contribution in [2.45, 2.75) is 38.8 Å². The minimum absolute atomic E-state index is 0.0384. The summed E-state index contributed by atoms with van der Waals surface area (Å²) in [5, 5.41) is 16.0. The lowest BCUT2D eigenvalue weighted by Crippen LogP contribution is -2.43. The van der Waals surface area contributed by atoms with Crippen LogP contribution < -0.4 is 0 Å². The van der Waals surface area contributed by atoms with Crippen LogP contribution in [0.3, 0.4) is 0 Å². The maximum atomic E-state index is 13.4. The second-order valence-electron chi connectivity index (χ2n) is 9.04. The van der Waals surface area contributed by atoms with Gasteiger partial charge in [-0.05, 0) is 42.5 Å². The molecule has 0 radical (unpaired) electrons. The standard InChI is InChI=1S/C26H29N3O4/c1-17-2-5-20(6-3-17)26-21-9-8-19-7-4-18(16-30)14-22(19)25(21)27-29(26)24(32)15-23(31)28-10-12-33-13-11-28/h2-7,14,21,26,30H,8-13,15-16H2,1H3/t21-,26-/m1/s1. The van der Waals surface area contributed by atoms with E-state index in [0.29, 0.717) is 26.3 Å². The van der Waals surface area contributed by atoms with Crippen LogP contribution in [-0.2, 0) is 27.4 Å². The zero-order chi connectivity index (χ0) is 22.9. The first-order chi connectivity index (χ1) is 16.0. The maximum absolute atomic E-state index is 13.4. The summed E-state index contributed by atoms with van der Waals surface area (Å²) in [5.41, 5.74) is 6.08. The molecule has 0 aromatic heterocycles. The van der Waals surface area contributed by atoms with Gasteiger partial charge in [0.2, 0.25) is 5.91 Å². The first kappa shape index (κ1) is 21.8. The van der Waals surface area contributed by atoms with E-state index in [0.717, 1.165) is 40.8 Å². The Morgan fingerprint density at radius 3 is 2.58 bits per heavy atom. The van der Waals surface area contributed by atoms with Crippen LogP contribution >= 0.6 is 0 Å². The van der Waals surface area contributed by atoms with E-state index in [9.17, 15) is 14.7 Å². The van der Waals surface area contributed by atoms with Crippen LogP contribution in [0.4, 0.5) is 0 Å². The van der Waals surface area contributed by atoms with E-state index in [1.807, 2.05) is 25.1 Å². The van der Waals surface area contributed by atoms with Crippen molar-refractivity contribution in [1.82, 2.24) is 9.91 Å². The van der Waals surface area contributed by atoms with Crippen LogP contribution in [0.15, 0.2) is 47.6 Å². The van der Waals surface area contributed by atoms with E-state index >= 15 is 0 Å². The molecular weight excluding hydrogens is 418 g/mol. The molecule has 0 saturated carbocycles. The minimum atomic E-state index is -0.279. The number of hydrogen-bond donors (Lipinski definition) is 1. The van der Waals surface area contributed by atoms with Crippen molar-refractivity contribution >= 4 is 17.5 Å². The monoisotopic (exact) mass is 447 g/mol. The van der Waals surface area contributed by atoms with Crippen LogP contribution in [0, 0.1) is 12.8 Å². The molecule has 2 aromatic carbocycles. The van der Waals surface area contributed by atoms with Crippen molar-refractivity contribution in [2.24, 2.45) is 11.0 Å². The number of fused-ring (bicyclic) bond motifs is 3. The highest BCUT2D eigenvalue weighted by molar-refractivity contribution is 6.08. The van der Waals surface area contributed by atoms with Crippen LogP contribution in [0.25, 0.3) is 0 Å². The van der Waals surface area contributed by atoms with Gasteiger partial charge in [0.1, 0.15) is 6.42 Å². The molecule has 1 fully saturated rings. The number of aliphatic hydroxyl groups is 1. The van der Waals surface area contributed by atoms with E-state index < -0.39 is 0 Å². The molecule has 7 nitrogen and oxygen atoms in total. The lowest BCUT2D eigenvalue weighted by molar-refractivity contribution is -0.144. The number of rotatable bonds is 4. The number of hydrogen-bond acceptors (Lipinski definition) is 5. The summed E-state index contributed by atoms with van der Waals surface area (Å²) < 4.78 is 5.33. The largest absolute Gasteiger partial charge is 0.392 e. The lowest BCUT2D eigenvalue weighted by Gasteiger charge is -2.31. The Bertz CT molecular complexity index is 1090. The molecule has 2 aliphatic heterocycles. The summed E-state index contributed by atoms with van der Waals surface area (Å²) in [4.78, 5) is 27.9. The Morgan fingerprint density at radius 1 is 1.09 bits per heavy atom. The molecule has 0 unspecified atom stereocenters. The zero-order valence-electron chi connectivity index (χ0n) is 18.9. The normalized spacial score (nSPS) is 21.9. The molecule has 2 aromatic rings. The van der Waals surface area contributed by atoms with Gasteiger partial charge in [0.15, 0.2) is 0 Å².